The third kappa shape index (κ3) is 4.31. The normalized spacial score (nSPS) is 12.0. The Morgan fingerprint density at radius 1 is 1.16 bits per heavy atom. The van der Waals surface area contributed by atoms with Gasteiger partial charge in [-0.05, 0) is 24.6 Å². The van der Waals surface area contributed by atoms with Crippen molar-refractivity contribution >= 4 is 32.7 Å². The van der Waals surface area contributed by atoms with Crippen LogP contribution >= 0.6 is 11.3 Å². The maximum Gasteiger partial charge on any atom is 0.278 e. The van der Waals surface area contributed by atoms with Crippen LogP contribution in [-0.4, -0.2) is 33.9 Å². The highest BCUT2D eigenvalue weighted by atomic mass is 32.1. The average Bonchev–Trinajstić information content (AvgIpc) is 3.22. The van der Waals surface area contributed by atoms with Gasteiger partial charge in [-0.15, -0.1) is 0 Å². The summed E-state index contributed by atoms with van der Waals surface area (Å²) in [6, 6.07) is 15.2. The number of hydrogen-bond acceptors (Lipinski definition) is 6. The Bertz CT molecular complexity index is 1290. The molecular weight excluding hydrogens is 417 g/mol. The van der Waals surface area contributed by atoms with Gasteiger partial charge in [0, 0.05) is 13.6 Å². The van der Waals surface area contributed by atoms with Crippen LogP contribution in [0.25, 0.3) is 21.7 Å². The fraction of sp³-hybridized carbons (Fsp3) is 0.182. The molecule has 0 unspecified atom stereocenters. The number of aromatic nitrogens is 3. The number of nitrogens with zero attached hydrogens (tertiary/aromatic N) is 3. The maximum absolute atomic E-state index is 14.1. The van der Waals surface area contributed by atoms with Gasteiger partial charge >= 0.3 is 0 Å². The second-order valence-electron chi connectivity index (χ2n) is 7.03. The zero-order valence-electron chi connectivity index (χ0n) is 16.9. The molecule has 2 N–H and O–H groups in total. The summed E-state index contributed by atoms with van der Waals surface area (Å²) in [4.78, 5) is 38.5. The van der Waals surface area contributed by atoms with Crippen molar-refractivity contribution in [2.45, 2.75) is 19.5 Å². The molecule has 0 radical (unpaired) electrons. The lowest BCUT2D eigenvalue weighted by atomic mass is 10.2. The van der Waals surface area contributed by atoms with Crippen LogP contribution in [0.2, 0.25) is 0 Å². The van der Waals surface area contributed by atoms with E-state index in [-0.39, 0.29) is 22.8 Å². The van der Waals surface area contributed by atoms with Crippen LogP contribution in [0, 0.1) is 5.82 Å². The average molecular weight is 438 g/mol. The van der Waals surface area contributed by atoms with Gasteiger partial charge in [0.2, 0.25) is 5.91 Å². The smallest absolute Gasteiger partial charge is 0.278 e. The third-order valence-electron chi connectivity index (χ3n) is 4.96. The van der Waals surface area contributed by atoms with Crippen molar-refractivity contribution in [3.63, 3.8) is 0 Å². The molecule has 4 rings (SSSR count). The molecule has 2 aromatic heterocycles. The van der Waals surface area contributed by atoms with Gasteiger partial charge in [-0.25, -0.2) is 14.4 Å². The summed E-state index contributed by atoms with van der Waals surface area (Å²) < 4.78 is 14.1. The number of benzene rings is 2. The Morgan fingerprint density at radius 2 is 1.87 bits per heavy atom. The number of likely N-dealkylation sites (N-methyl/N-ethyl adjacent to an activating group) is 1. The number of carbonyl (C=O) groups excluding carboxylic acids is 1. The van der Waals surface area contributed by atoms with Gasteiger partial charge in [-0.3, -0.25) is 9.59 Å². The van der Waals surface area contributed by atoms with Gasteiger partial charge in [0.1, 0.15) is 17.7 Å². The minimum atomic E-state index is -0.519. The molecule has 1 atom stereocenters. The van der Waals surface area contributed by atoms with Crippen LogP contribution < -0.4 is 15.8 Å². The Hall–Kier alpha value is -3.59. The van der Waals surface area contributed by atoms with Gasteiger partial charge < -0.3 is 15.2 Å². The zero-order valence-corrected chi connectivity index (χ0v) is 17.7. The molecule has 0 bridgehead atoms. The topological polar surface area (TPSA) is 91.0 Å². The molecule has 31 heavy (non-hydrogen) atoms. The molecule has 0 aliphatic carbocycles. The van der Waals surface area contributed by atoms with E-state index in [0.717, 1.165) is 5.56 Å². The number of fused-ring (bicyclic) bond motifs is 1. The van der Waals surface area contributed by atoms with Crippen molar-refractivity contribution in [3.8, 4) is 11.4 Å². The fourth-order valence-electron chi connectivity index (χ4n) is 3.03. The molecule has 0 spiro atoms. The van der Waals surface area contributed by atoms with E-state index in [2.05, 4.69) is 20.3 Å². The Morgan fingerprint density at radius 3 is 2.61 bits per heavy atom. The summed E-state index contributed by atoms with van der Waals surface area (Å²) in [6.45, 7) is 2.18. The van der Waals surface area contributed by atoms with E-state index in [1.807, 2.05) is 30.3 Å². The minimum absolute atomic E-state index is 0.141. The fourth-order valence-corrected chi connectivity index (χ4v) is 4.01. The van der Waals surface area contributed by atoms with Crippen LogP contribution in [-0.2, 0) is 11.3 Å². The van der Waals surface area contributed by atoms with Crippen LogP contribution in [0.15, 0.2) is 59.4 Å². The van der Waals surface area contributed by atoms with E-state index in [0.29, 0.717) is 16.5 Å². The first-order valence-electron chi connectivity index (χ1n) is 9.64. The lowest BCUT2D eigenvalue weighted by molar-refractivity contribution is -0.122. The highest BCUT2D eigenvalue weighted by Crippen LogP contribution is 2.28. The molecule has 0 aliphatic heterocycles. The number of H-pyrrole nitrogens is 1. The molecule has 158 valence electrons. The quantitative estimate of drug-likeness (QED) is 0.483. The largest absolute Gasteiger partial charge is 0.350 e. The predicted octanol–water partition coefficient (Wildman–Crippen LogP) is 3.33. The van der Waals surface area contributed by atoms with Crippen molar-refractivity contribution < 1.29 is 9.18 Å². The summed E-state index contributed by atoms with van der Waals surface area (Å²) in [5.74, 6) is -0.503. The number of rotatable bonds is 6. The SMILES string of the molecule is C[C@H](C(=O)NCc1ccccc1)N(C)c1nc2c(=O)[nH]c(-c3ccccc3F)nc2s1. The number of carbonyl (C=O) groups is 1. The molecule has 2 aromatic carbocycles. The summed E-state index contributed by atoms with van der Waals surface area (Å²) >= 11 is 1.18. The number of thiazole rings is 1. The number of hydrogen-bond donors (Lipinski definition) is 2. The summed E-state index contributed by atoms with van der Waals surface area (Å²) in [7, 11) is 1.73. The number of anilines is 1. The first-order chi connectivity index (χ1) is 14.9. The van der Waals surface area contributed by atoms with Gasteiger partial charge in [-0.2, -0.15) is 0 Å². The van der Waals surface area contributed by atoms with Crippen LogP contribution in [0.1, 0.15) is 12.5 Å². The van der Waals surface area contributed by atoms with Gasteiger partial charge in [0.15, 0.2) is 15.5 Å². The Kier molecular flexibility index (Phi) is 5.77. The summed E-state index contributed by atoms with van der Waals surface area (Å²) in [5.41, 5.74) is 0.907. The van der Waals surface area contributed by atoms with E-state index in [1.165, 1.54) is 17.4 Å². The number of halogens is 1. The molecule has 0 aliphatic rings. The predicted molar refractivity (Wildman–Crippen MR) is 120 cm³/mol. The second-order valence-corrected chi connectivity index (χ2v) is 7.99. The van der Waals surface area contributed by atoms with Crippen molar-refractivity contribution in [1.82, 2.24) is 20.3 Å². The van der Waals surface area contributed by atoms with Crippen molar-refractivity contribution in [2.24, 2.45) is 0 Å². The van der Waals surface area contributed by atoms with Crippen LogP contribution in [0.4, 0.5) is 9.52 Å². The van der Waals surface area contributed by atoms with Crippen molar-refractivity contribution in [3.05, 3.63) is 76.3 Å². The standard InChI is InChI=1S/C22H20FN5O2S/c1-13(19(29)24-12-14-8-4-3-5-9-14)28(2)22-25-17-20(30)26-18(27-21(17)31-22)15-10-6-7-11-16(15)23/h3-11,13H,12H2,1-2H3,(H,24,29)(H,26,27,30)/t13-/m1/s1. The van der Waals surface area contributed by atoms with E-state index < -0.39 is 17.4 Å². The lowest BCUT2D eigenvalue weighted by Crippen LogP contribution is -2.43. The first kappa shape index (κ1) is 20.7. The molecule has 1 amide bonds. The monoisotopic (exact) mass is 437 g/mol. The molecule has 2 heterocycles. The third-order valence-corrected chi connectivity index (χ3v) is 6.00. The Labute approximate surface area is 181 Å². The maximum atomic E-state index is 14.1. The summed E-state index contributed by atoms with van der Waals surface area (Å²) in [5, 5.41) is 3.38. The second kappa shape index (κ2) is 8.65. The van der Waals surface area contributed by atoms with E-state index >= 15 is 0 Å². The molecule has 7 nitrogen and oxygen atoms in total. The van der Waals surface area contributed by atoms with Crippen molar-refractivity contribution in [1.29, 1.82) is 0 Å². The van der Waals surface area contributed by atoms with Crippen LogP contribution in [0.3, 0.4) is 0 Å². The van der Waals surface area contributed by atoms with Gasteiger partial charge in [-0.1, -0.05) is 53.8 Å². The lowest BCUT2D eigenvalue weighted by Gasteiger charge is -2.23. The molecule has 0 saturated heterocycles. The number of amides is 1. The molecule has 0 fully saturated rings. The van der Waals surface area contributed by atoms with E-state index in [9.17, 15) is 14.0 Å². The number of nitrogens with one attached hydrogen (secondary N) is 2. The minimum Gasteiger partial charge on any atom is -0.350 e. The summed E-state index contributed by atoms with van der Waals surface area (Å²) in [6.07, 6.45) is 0. The Balaban J connectivity index is 1.56. The highest BCUT2D eigenvalue weighted by molar-refractivity contribution is 7.21. The zero-order chi connectivity index (χ0) is 22.0. The highest BCUT2D eigenvalue weighted by Gasteiger charge is 2.22. The number of aromatic amines is 1. The first-order valence-corrected chi connectivity index (χ1v) is 10.5. The van der Waals surface area contributed by atoms with Gasteiger partial charge in [0.05, 0.1) is 5.56 Å². The molecule has 4 aromatic rings. The van der Waals surface area contributed by atoms with Gasteiger partial charge in [0.25, 0.3) is 5.56 Å². The van der Waals surface area contributed by atoms with Crippen molar-refractivity contribution in [2.75, 3.05) is 11.9 Å². The molecular formula is C22H20FN5O2S. The van der Waals surface area contributed by atoms with E-state index in [4.69, 9.17) is 0 Å². The van der Waals surface area contributed by atoms with Crippen LogP contribution in [0.5, 0.6) is 0 Å². The van der Waals surface area contributed by atoms with E-state index in [1.54, 1.807) is 37.1 Å². The molecule has 0 saturated carbocycles. The molecule has 9 heteroatoms.